The van der Waals surface area contributed by atoms with Crippen molar-refractivity contribution in [2.24, 2.45) is 0 Å². The Labute approximate surface area is 106 Å². The van der Waals surface area contributed by atoms with Gasteiger partial charge in [-0.2, -0.15) is 11.8 Å². The number of carbonyl (C=O) groups is 1. The fourth-order valence-electron chi connectivity index (χ4n) is 1.83. The van der Waals surface area contributed by atoms with Gasteiger partial charge in [0.25, 0.3) is 5.91 Å². The second kappa shape index (κ2) is 5.91. The summed E-state index contributed by atoms with van der Waals surface area (Å²) in [7, 11) is 1.79. The van der Waals surface area contributed by atoms with E-state index in [9.17, 15) is 4.79 Å². The highest BCUT2D eigenvalue weighted by molar-refractivity contribution is 7.99. The van der Waals surface area contributed by atoms with E-state index in [1.807, 2.05) is 11.8 Å². The summed E-state index contributed by atoms with van der Waals surface area (Å²) in [6, 6.07) is 3.82. The summed E-state index contributed by atoms with van der Waals surface area (Å²) in [5.74, 6) is 2.95. The average Bonchev–Trinajstić information content (AvgIpc) is 2.40. The molecule has 0 aliphatic carbocycles. The summed E-state index contributed by atoms with van der Waals surface area (Å²) in [6.45, 7) is 0. The number of nitrogens with one attached hydrogen (secondary N) is 2. The molecule has 2 N–H and O–H groups in total. The number of aromatic nitrogens is 1. The lowest BCUT2D eigenvalue weighted by molar-refractivity contribution is 0.0938. The predicted octanol–water partition coefficient (Wildman–Crippen LogP) is 1.75. The Morgan fingerprint density at radius 3 is 3.18 bits per heavy atom. The minimum absolute atomic E-state index is 0.00333. The minimum Gasteiger partial charge on any atom is -0.373 e. The fourth-order valence-corrected chi connectivity index (χ4v) is 2.90. The van der Waals surface area contributed by atoms with Gasteiger partial charge in [0.05, 0.1) is 0 Å². The summed E-state index contributed by atoms with van der Waals surface area (Å²) in [5, 5.41) is 6.00. The number of rotatable bonds is 3. The van der Waals surface area contributed by atoms with Crippen molar-refractivity contribution in [3.8, 4) is 0 Å². The summed E-state index contributed by atoms with van der Waals surface area (Å²) < 4.78 is 0. The van der Waals surface area contributed by atoms with E-state index in [-0.39, 0.29) is 5.91 Å². The van der Waals surface area contributed by atoms with Gasteiger partial charge in [-0.05, 0) is 30.7 Å². The van der Waals surface area contributed by atoms with Crippen LogP contribution < -0.4 is 10.6 Å². The van der Waals surface area contributed by atoms with Crippen LogP contribution in [-0.4, -0.2) is 35.5 Å². The molecule has 1 fully saturated rings. The number of hydrogen-bond donors (Lipinski definition) is 2. The third-order valence-corrected chi connectivity index (χ3v) is 3.99. The maximum atomic E-state index is 12.0. The van der Waals surface area contributed by atoms with E-state index in [1.54, 1.807) is 25.4 Å². The van der Waals surface area contributed by atoms with Crippen molar-refractivity contribution in [3.05, 3.63) is 23.9 Å². The highest BCUT2D eigenvalue weighted by Crippen LogP contribution is 2.17. The third-order valence-electron chi connectivity index (χ3n) is 2.77. The minimum atomic E-state index is -0.00333. The zero-order valence-corrected chi connectivity index (χ0v) is 10.7. The first kappa shape index (κ1) is 12.2. The smallest absolute Gasteiger partial charge is 0.251 e. The third kappa shape index (κ3) is 3.36. The van der Waals surface area contributed by atoms with Crippen LogP contribution in [0.2, 0.25) is 0 Å². The van der Waals surface area contributed by atoms with Gasteiger partial charge in [0.1, 0.15) is 5.82 Å². The first-order valence-corrected chi connectivity index (χ1v) is 6.97. The Morgan fingerprint density at radius 1 is 1.59 bits per heavy atom. The SMILES string of the molecule is CNc1cc(C(=O)NC2CCCSC2)ccn1. The molecule has 1 aromatic heterocycles. The standard InChI is InChI=1S/C12H17N3OS/c1-13-11-7-9(4-5-14-11)12(16)15-10-3-2-6-17-8-10/h4-5,7,10H,2-3,6,8H2,1H3,(H,13,14)(H,15,16). The Kier molecular flexibility index (Phi) is 4.25. The van der Waals surface area contributed by atoms with E-state index >= 15 is 0 Å². The molecular weight excluding hydrogens is 234 g/mol. The van der Waals surface area contributed by atoms with Crippen LogP contribution in [0.3, 0.4) is 0 Å². The molecule has 92 valence electrons. The van der Waals surface area contributed by atoms with E-state index < -0.39 is 0 Å². The molecule has 1 amide bonds. The van der Waals surface area contributed by atoms with Gasteiger partial charge in [-0.15, -0.1) is 0 Å². The van der Waals surface area contributed by atoms with Crippen LogP contribution >= 0.6 is 11.8 Å². The first-order chi connectivity index (χ1) is 8.29. The van der Waals surface area contributed by atoms with E-state index in [0.717, 1.165) is 18.0 Å². The number of carbonyl (C=O) groups excluding carboxylic acids is 1. The molecule has 17 heavy (non-hydrogen) atoms. The number of nitrogens with zero attached hydrogens (tertiary/aromatic N) is 1. The zero-order chi connectivity index (χ0) is 12.1. The summed E-state index contributed by atoms with van der Waals surface area (Å²) in [5.41, 5.74) is 0.667. The largest absolute Gasteiger partial charge is 0.373 e. The molecule has 2 rings (SSSR count). The lowest BCUT2D eigenvalue weighted by Gasteiger charge is -2.22. The normalized spacial score (nSPS) is 19.7. The van der Waals surface area contributed by atoms with Crippen molar-refractivity contribution in [3.63, 3.8) is 0 Å². The van der Waals surface area contributed by atoms with Gasteiger partial charge in [0, 0.05) is 30.6 Å². The molecule has 4 nitrogen and oxygen atoms in total. The first-order valence-electron chi connectivity index (χ1n) is 5.82. The summed E-state index contributed by atoms with van der Waals surface area (Å²) in [4.78, 5) is 16.1. The number of anilines is 1. The maximum Gasteiger partial charge on any atom is 0.251 e. The summed E-state index contributed by atoms with van der Waals surface area (Å²) in [6.07, 6.45) is 3.92. The van der Waals surface area contributed by atoms with Crippen LogP contribution in [-0.2, 0) is 0 Å². The Balaban J connectivity index is 1.98. The van der Waals surface area contributed by atoms with E-state index in [1.165, 1.54) is 12.2 Å². The molecule has 0 aromatic carbocycles. The van der Waals surface area contributed by atoms with Crippen LogP contribution in [0.1, 0.15) is 23.2 Å². The fraction of sp³-hybridized carbons (Fsp3) is 0.500. The van der Waals surface area contributed by atoms with E-state index in [2.05, 4.69) is 15.6 Å². The monoisotopic (exact) mass is 251 g/mol. The summed E-state index contributed by atoms with van der Waals surface area (Å²) >= 11 is 1.91. The molecule has 1 atom stereocenters. The number of thioether (sulfide) groups is 1. The van der Waals surface area contributed by atoms with Gasteiger partial charge in [-0.1, -0.05) is 0 Å². The second-order valence-corrected chi connectivity index (χ2v) is 5.22. The average molecular weight is 251 g/mol. The molecule has 1 aromatic rings. The van der Waals surface area contributed by atoms with Gasteiger partial charge in [-0.25, -0.2) is 4.98 Å². The molecule has 0 spiro atoms. The molecule has 1 saturated heterocycles. The van der Waals surface area contributed by atoms with Crippen LogP contribution in [0.5, 0.6) is 0 Å². The zero-order valence-electron chi connectivity index (χ0n) is 9.90. The van der Waals surface area contributed by atoms with Gasteiger partial charge in [0.2, 0.25) is 0 Å². The highest BCUT2D eigenvalue weighted by atomic mass is 32.2. The molecule has 5 heteroatoms. The van der Waals surface area contributed by atoms with Crippen LogP contribution in [0.4, 0.5) is 5.82 Å². The molecule has 0 radical (unpaired) electrons. The van der Waals surface area contributed by atoms with Crippen molar-refractivity contribution in [1.82, 2.24) is 10.3 Å². The molecule has 1 unspecified atom stereocenters. The number of hydrogen-bond acceptors (Lipinski definition) is 4. The van der Waals surface area contributed by atoms with Crippen LogP contribution in [0.15, 0.2) is 18.3 Å². The lowest BCUT2D eigenvalue weighted by Crippen LogP contribution is -2.38. The van der Waals surface area contributed by atoms with Crippen molar-refractivity contribution in [2.75, 3.05) is 23.9 Å². The van der Waals surface area contributed by atoms with Crippen LogP contribution in [0.25, 0.3) is 0 Å². The van der Waals surface area contributed by atoms with Crippen molar-refractivity contribution in [1.29, 1.82) is 0 Å². The highest BCUT2D eigenvalue weighted by Gasteiger charge is 2.17. The number of pyridine rings is 1. The quantitative estimate of drug-likeness (QED) is 0.859. The molecule has 0 saturated carbocycles. The molecule has 1 aliphatic rings. The topological polar surface area (TPSA) is 54.0 Å². The molecule has 2 heterocycles. The van der Waals surface area contributed by atoms with Crippen molar-refractivity contribution >= 4 is 23.5 Å². The van der Waals surface area contributed by atoms with Gasteiger partial charge in [0.15, 0.2) is 0 Å². The van der Waals surface area contributed by atoms with E-state index in [4.69, 9.17) is 0 Å². The maximum absolute atomic E-state index is 12.0. The van der Waals surface area contributed by atoms with Crippen molar-refractivity contribution in [2.45, 2.75) is 18.9 Å². The van der Waals surface area contributed by atoms with Crippen LogP contribution in [0, 0.1) is 0 Å². The van der Waals surface area contributed by atoms with E-state index in [0.29, 0.717) is 11.6 Å². The Morgan fingerprint density at radius 2 is 2.47 bits per heavy atom. The lowest BCUT2D eigenvalue weighted by atomic mass is 10.1. The van der Waals surface area contributed by atoms with Gasteiger partial charge < -0.3 is 10.6 Å². The van der Waals surface area contributed by atoms with Gasteiger partial charge >= 0.3 is 0 Å². The predicted molar refractivity (Wildman–Crippen MR) is 71.6 cm³/mol. The Hall–Kier alpha value is -1.23. The van der Waals surface area contributed by atoms with Crippen molar-refractivity contribution < 1.29 is 4.79 Å². The Bertz CT molecular complexity index is 391. The molecule has 1 aliphatic heterocycles. The number of amides is 1. The van der Waals surface area contributed by atoms with Gasteiger partial charge in [-0.3, -0.25) is 4.79 Å². The molecule has 0 bridgehead atoms. The second-order valence-electron chi connectivity index (χ2n) is 4.07. The molecular formula is C12H17N3OS.